The lowest BCUT2D eigenvalue weighted by molar-refractivity contribution is 0.354. The summed E-state index contributed by atoms with van der Waals surface area (Å²) in [6, 6.07) is 5.83. The van der Waals surface area contributed by atoms with Gasteiger partial charge in [-0.1, -0.05) is 11.2 Å². The molecule has 0 aliphatic rings. The van der Waals surface area contributed by atoms with Crippen molar-refractivity contribution in [2.75, 3.05) is 27.8 Å². The Morgan fingerprint density at radius 3 is 2.52 bits per heavy atom. The van der Waals surface area contributed by atoms with Crippen molar-refractivity contribution in [3.63, 3.8) is 0 Å². The maximum atomic E-state index is 5.33. The number of benzene rings is 1. The van der Waals surface area contributed by atoms with Gasteiger partial charge >= 0.3 is 0 Å². The summed E-state index contributed by atoms with van der Waals surface area (Å²) in [6.45, 7) is 5.26. The molecular weight excluding hydrogens is 320 g/mol. The first-order chi connectivity index (χ1) is 12.1. The number of hydrogen-bond donors (Lipinski definition) is 2. The van der Waals surface area contributed by atoms with E-state index in [1.165, 1.54) is 0 Å². The molecule has 2 N–H and O–H groups in total. The molecule has 0 aliphatic carbocycles. The number of ether oxygens (including phenoxy) is 2. The average molecular weight is 346 g/mol. The Morgan fingerprint density at radius 2 is 1.92 bits per heavy atom. The van der Waals surface area contributed by atoms with E-state index in [0.29, 0.717) is 18.0 Å². The van der Waals surface area contributed by atoms with Crippen LogP contribution in [0.5, 0.6) is 11.5 Å². The van der Waals surface area contributed by atoms with Gasteiger partial charge in [-0.25, -0.2) is 0 Å². The summed E-state index contributed by atoms with van der Waals surface area (Å²) < 4.78 is 15.8. The lowest BCUT2D eigenvalue weighted by Crippen LogP contribution is -2.37. The molecule has 0 atom stereocenters. The molecular formula is C18H26N4O3. The van der Waals surface area contributed by atoms with Crippen LogP contribution >= 0.6 is 0 Å². The Labute approximate surface area is 148 Å². The molecule has 25 heavy (non-hydrogen) atoms. The smallest absolute Gasteiger partial charge is 0.191 e. The van der Waals surface area contributed by atoms with Crippen molar-refractivity contribution in [1.29, 1.82) is 0 Å². The lowest BCUT2D eigenvalue weighted by Gasteiger charge is -2.13. The molecule has 0 aliphatic heterocycles. The summed E-state index contributed by atoms with van der Waals surface area (Å²) in [5.74, 6) is 3.03. The highest BCUT2D eigenvalue weighted by molar-refractivity contribution is 5.79. The van der Waals surface area contributed by atoms with Crippen LogP contribution in [0.15, 0.2) is 27.7 Å². The fraction of sp³-hybridized carbons (Fsp3) is 0.444. The molecule has 1 heterocycles. The van der Waals surface area contributed by atoms with Crippen LogP contribution in [0.2, 0.25) is 0 Å². The predicted octanol–water partition coefficient (Wildman–Crippen LogP) is 2.22. The average Bonchev–Trinajstić information content (AvgIpc) is 2.95. The third kappa shape index (κ3) is 4.89. The second-order valence-electron chi connectivity index (χ2n) is 5.59. The van der Waals surface area contributed by atoms with Crippen LogP contribution in [0.1, 0.15) is 22.6 Å². The van der Waals surface area contributed by atoms with Crippen molar-refractivity contribution in [3.05, 3.63) is 40.8 Å². The molecule has 0 radical (unpaired) electrons. The first-order valence-electron chi connectivity index (χ1n) is 8.16. The molecule has 0 amide bonds. The molecule has 0 saturated heterocycles. The highest BCUT2D eigenvalue weighted by atomic mass is 16.5. The van der Waals surface area contributed by atoms with Crippen molar-refractivity contribution in [1.82, 2.24) is 15.8 Å². The van der Waals surface area contributed by atoms with Crippen molar-refractivity contribution >= 4 is 5.96 Å². The number of methoxy groups -OCH3 is 2. The molecule has 1 aromatic heterocycles. The quantitative estimate of drug-likeness (QED) is 0.591. The number of aromatic nitrogens is 1. The fourth-order valence-electron chi connectivity index (χ4n) is 2.56. The van der Waals surface area contributed by atoms with Crippen LogP contribution in [0, 0.1) is 13.8 Å². The molecule has 136 valence electrons. The molecule has 0 saturated carbocycles. The van der Waals surface area contributed by atoms with Gasteiger partial charge in [-0.05, 0) is 38.0 Å². The minimum absolute atomic E-state index is 0.630. The van der Waals surface area contributed by atoms with Gasteiger partial charge < -0.3 is 24.6 Å². The molecule has 7 nitrogen and oxygen atoms in total. The van der Waals surface area contributed by atoms with Crippen molar-refractivity contribution in [3.8, 4) is 11.5 Å². The first kappa shape index (κ1) is 18.6. The van der Waals surface area contributed by atoms with Gasteiger partial charge in [-0.15, -0.1) is 0 Å². The summed E-state index contributed by atoms with van der Waals surface area (Å²) in [7, 11) is 5.00. The van der Waals surface area contributed by atoms with Gasteiger partial charge in [0.05, 0.1) is 19.9 Å². The van der Waals surface area contributed by atoms with Gasteiger partial charge in [0.25, 0.3) is 0 Å². The van der Waals surface area contributed by atoms with Gasteiger partial charge in [0, 0.05) is 25.7 Å². The SMILES string of the molecule is CN=C(NCCc1c(C)noc1C)NCc1ccc(OC)c(OC)c1. The molecule has 7 heteroatoms. The number of nitrogens with one attached hydrogen (secondary N) is 2. The minimum Gasteiger partial charge on any atom is -0.493 e. The van der Waals surface area contributed by atoms with E-state index in [9.17, 15) is 0 Å². The molecule has 1 aromatic carbocycles. The first-order valence-corrected chi connectivity index (χ1v) is 8.16. The van der Waals surface area contributed by atoms with Gasteiger partial charge in [0.1, 0.15) is 5.76 Å². The Morgan fingerprint density at radius 1 is 1.16 bits per heavy atom. The largest absolute Gasteiger partial charge is 0.493 e. The van der Waals surface area contributed by atoms with Crippen LogP contribution in [0.4, 0.5) is 0 Å². The highest BCUT2D eigenvalue weighted by Gasteiger charge is 2.09. The Bertz CT molecular complexity index is 706. The van der Waals surface area contributed by atoms with Gasteiger partial charge in [0.2, 0.25) is 0 Å². The zero-order valence-electron chi connectivity index (χ0n) is 15.5. The number of rotatable bonds is 7. The monoisotopic (exact) mass is 346 g/mol. The number of aliphatic imine (C=N–C) groups is 1. The zero-order chi connectivity index (χ0) is 18.2. The Balaban J connectivity index is 1.86. The zero-order valence-corrected chi connectivity index (χ0v) is 15.5. The van der Waals surface area contributed by atoms with Crippen molar-refractivity contribution in [2.24, 2.45) is 4.99 Å². The van der Waals surface area contributed by atoms with E-state index in [-0.39, 0.29) is 0 Å². The number of guanidine groups is 1. The molecule has 2 rings (SSSR count). The topological polar surface area (TPSA) is 80.9 Å². The third-order valence-corrected chi connectivity index (χ3v) is 3.98. The van der Waals surface area contributed by atoms with E-state index in [1.54, 1.807) is 21.3 Å². The summed E-state index contributed by atoms with van der Waals surface area (Å²) >= 11 is 0. The Kier molecular flexibility index (Phi) is 6.68. The van der Waals surface area contributed by atoms with Gasteiger partial charge in [-0.3, -0.25) is 4.99 Å². The fourth-order valence-corrected chi connectivity index (χ4v) is 2.56. The number of nitrogens with zero attached hydrogens (tertiary/aromatic N) is 2. The van der Waals surface area contributed by atoms with E-state index >= 15 is 0 Å². The van der Waals surface area contributed by atoms with Crippen LogP contribution in [-0.4, -0.2) is 38.9 Å². The minimum atomic E-state index is 0.630. The summed E-state index contributed by atoms with van der Waals surface area (Å²) in [5.41, 5.74) is 3.15. The van der Waals surface area contributed by atoms with Crippen LogP contribution in [0.25, 0.3) is 0 Å². The molecule has 2 aromatic rings. The molecule has 0 unspecified atom stereocenters. The third-order valence-electron chi connectivity index (χ3n) is 3.98. The summed E-state index contributed by atoms with van der Waals surface area (Å²) in [4.78, 5) is 4.24. The standard InChI is InChI=1S/C18H26N4O3/c1-12-15(13(2)25-22-12)8-9-20-18(19-3)21-11-14-6-7-16(23-4)17(10-14)24-5/h6-7,10H,8-9,11H2,1-5H3,(H2,19,20,21). The van der Waals surface area contributed by atoms with E-state index < -0.39 is 0 Å². The number of hydrogen-bond acceptors (Lipinski definition) is 5. The van der Waals surface area contributed by atoms with Crippen molar-refractivity contribution < 1.29 is 14.0 Å². The van der Waals surface area contributed by atoms with E-state index in [2.05, 4.69) is 20.8 Å². The summed E-state index contributed by atoms with van der Waals surface area (Å²) in [6.07, 6.45) is 0.832. The van der Waals surface area contributed by atoms with Crippen LogP contribution in [0.3, 0.4) is 0 Å². The maximum absolute atomic E-state index is 5.33. The van der Waals surface area contributed by atoms with E-state index in [0.717, 1.165) is 41.5 Å². The highest BCUT2D eigenvalue weighted by Crippen LogP contribution is 2.27. The molecule has 0 fully saturated rings. The van der Waals surface area contributed by atoms with Gasteiger partial charge in [0.15, 0.2) is 17.5 Å². The second-order valence-corrected chi connectivity index (χ2v) is 5.59. The summed E-state index contributed by atoms with van der Waals surface area (Å²) in [5, 5.41) is 10.6. The molecule has 0 spiro atoms. The maximum Gasteiger partial charge on any atom is 0.191 e. The van der Waals surface area contributed by atoms with E-state index in [1.807, 2.05) is 32.0 Å². The van der Waals surface area contributed by atoms with E-state index in [4.69, 9.17) is 14.0 Å². The van der Waals surface area contributed by atoms with Crippen LogP contribution < -0.4 is 20.1 Å². The van der Waals surface area contributed by atoms with Crippen molar-refractivity contribution in [2.45, 2.75) is 26.8 Å². The predicted molar refractivity (Wildman–Crippen MR) is 97.4 cm³/mol. The normalized spacial score (nSPS) is 11.3. The van der Waals surface area contributed by atoms with Crippen LogP contribution in [-0.2, 0) is 13.0 Å². The second kappa shape index (κ2) is 8.96. The Hall–Kier alpha value is -2.70. The lowest BCUT2D eigenvalue weighted by atomic mass is 10.1. The number of aryl methyl sites for hydroxylation is 2. The van der Waals surface area contributed by atoms with Gasteiger partial charge in [-0.2, -0.15) is 0 Å². The molecule has 0 bridgehead atoms.